The van der Waals surface area contributed by atoms with E-state index in [-0.39, 0.29) is 18.1 Å². The van der Waals surface area contributed by atoms with Crippen LogP contribution >= 0.6 is 0 Å². The van der Waals surface area contributed by atoms with E-state index in [1.54, 1.807) is 7.11 Å². The van der Waals surface area contributed by atoms with Crippen LogP contribution in [0, 0.1) is 0 Å². The van der Waals surface area contributed by atoms with E-state index in [1.807, 2.05) is 6.92 Å². The molecule has 4 heteroatoms. The molecular weight excluding hydrogens is 240 g/mol. The zero-order valence-electron chi connectivity index (χ0n) is 12.3. The molecule has 0 aliphatic heterocycles. The summed E-state index contributed by atoms with van der Waals surface area (Å²) in [5, 5.41) is 6.62. The number of hydrogen-bond acceptors (Lipinski definition) is 3. The van der Waals surface area contributed by atoms with Gasteiger partial charge in [-0.15, -0.1) is 0 Å². The van der Waals surface area contributed by atoms with Gasteiger partial charge in [0.25, 0.3) is 0 Å². The van der Waals surface area contributed by atoms with E-state index >= 15 is 0 Å². The summed E-state index contributed by atoms with van der Waals surface area (Å²) in [6.07, 6.45) is 9.77. The summed E-state index contributed by atoms with van der Waals surface area (Å²) in [5.74, 6) is 0.147. The van der Waals surface area contributed by atoms with Gasteiger partial charge in [-0.25, -0.2) is 0 Å². The van der Waals surface area contributed by atoms with Crippen molar-refractivity contribution in [3.8, 4) is 0 Å². The summed E-state index contributed by atoms with van der Waals surface area (Å²) in [4.78, 5) is 12.2. The van der Waals surface area contributed by atoms with Crippen molar-refractivity contribution in [3.63, 3.8) is 0 Å². The Morgan fingerprint density at radius 2 is 1.84 bits per heavy atom. The average molecular weight is 268 g/mol. The molecule has 2 aliphatic rings. The van der Waals surface area contributed by atoms with Gasteiger partial charge in [-0.1, -0.05) is 19.3 Å². The molecule has 0 bridgehead atoms. The molecule has 3 unspecified atom stereocenters. The van der Waals surface area contributed by atoms with Crippen molar-refractivity contribution in [2.24, 2.45) is 0 Å². The smallest absolute Gasteiger partial charge is 0.237 e. The van der Waals surface area contributed by atoms with Crippen LogP contribution in [-0.4, -0.2) is 37.2 Å². The van der Waals surface area contributed by atoms with Crippen LogP contribution < -0.4 is 10.6 Å². The highest BCUT2D eigenvalue weighted by atomic mass is 16.5. The Kier molecular flexibility index (Phi) is 5.64. The van der Waals surface area contributed by atoms with Gasteiger partial charge in [0.05, 0.1) is 12.1 Å². The zero-order chi connectivity index (χ0) is 13.7. The van der Waals surface area contributed by atoms with E-state index in [2.05, 4.69) is 10.6 Å². The number of rotatable bonds is 5. The second-order valence-corrected chi connectivity index (χ2v) is 6.04. The van der Waals surface area contributed by atoms with E-state index in [4.69, 9.17) is 4.74 Å². The molecule has 0 aromatic carbocycles. The number of nitrogens with one attached hydrogen (secondary N) is 2. The highest BCUT2D eigenvalue weighted by Crippen LogP contribution is 2.22. The monoisotopic (exact) mass is 268 g/mol. The standard InChI is InChI=1S/C15H28N2O2/c1-11(16-13-9-6-10-14(13)19-2)15(18)17-12-7-4-3-5-8-12/h11-14,16H,3-10H2,1-2H3,(H,17,18). The predicted octanol–water partition coefficient (Wildman–Crippen LogP) is 1.98. The third-order valence-electron chi connectivity index (χ3n) is 4.56. The van der Waals surface area contributed by atoms with Crippen LogP contribution in [0.15, 0.2) is 0 Å². The van der Waals surface area contributed by atoms with E-state index in [0.717, 1.165) is 25.7 Å². The van der Waals surface area contributed by atoms with Gasteiger partial charge in [0.15, 0.2) is 0 Å². The van der Waals surface area contributed by atoms with Crippen molar-refractivity contribution >= 4 is 5.91 Å². The van der Waals surface area contributed by atoms with E-state index in [0.29, 0.717) is 12.1 Å². The lowest BCUT2D eigenvalue weighted by molar-refractivity contribution is -0.124. The van der Waals surface area contributed by atoms with E-state index in [9.17, 15) is 4.79 Å². The van der Waals surface area contributed by atoms with Crippen LogP contribution in [0.2, 0.25) is 0 Å². The minimum absolute atomic E-state index is 0.123. The Morgan fingerprint density at radius 3 is 2.53 bits per heavy atom. The third kappa shape index (κ3) is 4.18. The third-order valence-corrected chi connectivity index (χ3v) is 4.56. The highest BCUT2D eigenvalue weighted by molar-refractivity contribution is 5.81. The molecule has 2 saturated carbocycles. The largest absolute Gasteiger partial charge is 0.380 e. The average Bonchev–Trinajstić information content (AvgIpc) is 2.87. The summed E-state index contributed by atoms with van der Waals surface area (Å²) < 4.78 is 5.46. The molecular formula is C15H28N2O2. The topological polar surface area (TPSA) is 50.4 Å². The normalized spacial score (nSPS) is 30.2. The SMILES string of the molecule is COC1CCCC1NC(C)C(=O)NC1CCCCC1. The first kappa shape index (κ1) is 14.8. The molecule has 3 atom stereocenters. The van der Waals surface area contributed by atoms with Crippen molar-refractivity contribution in [1.82, 2.24) is 10.6 Å². The Morgan fingerprint density at radius 1 is 1.11 bits per heavy atom. The van der Waals surface area contributed by atoms with Gasteiger partial charge in [0, 0.05) is 19.2 Å². The van der Waals surface area contributed by atoms with Gasteiger partial charge < -0.3 is 15.4 Å². The molecule has 2 aliphatic carbocycles. The quantitative estimate of drug-likeness (QED) is 0.801. The summed E-state index contributed by atoms with van der Waals surface area (Å²) >= 11 is 0. The molecule has 0 spiro atoms. The first-order valence-electron chi connectivity index (χ1n) is 7.80. The Labute approximate surface area is 116 Å². The summed E-state index contributed by atoms with van der Waals surface area (Å²) in [6, 6.07) is 0.604. The molecule has 19 heavy (non-hydrogen) atoms. The van der Waals surface area contributed by atoms with Crippen molar-refractivity contribution in [3.05, 3.63) is 0 Å². The van der Waals surface area contributed by atoms with Crippen molar-refractivity contribution in [2.45, 2.75) is 82.5 Å². The summed E-state index contributed by atoms with van der Waals surface area (Å²) in [7, 11) is 1.76. The zero-order valence-corrected chi connectivity index (χ0v) is 12.3. The number of methoxy groups -OCH3 is 1. The van der Waals surface area contributed by atoms with Gasteiger partial charge >= 0.3 is 0 Å². The number of carbonyl (C=O) groups excluding carboxylic acids is 1. The Hall–Kier alpha value is -0.610. The minimum atomic E-state index is -0.123. The van der Waals surface area contributed by atoms with Crippen LogP contribution in [0.5, 0.6) is 0 Å². The number of hydrogen-bond donors (Lipinski definition) is 2. The minimum Gasteiger partial charge on any atom is -0.380 e. The molecule has 0 saturated heterocycles. The Balaban J connectivity index is 1.75. The molecule has 1 amide bonds. The van der Waals surface area contributed by atoms with Crippen molar-refractivity contribution in [2.75, 3.05) is 7.11 Å². The lowest BCUT2D eigenvalue weighted by atomic mass is 9.95. The molecule has 2 rings (SSSR count). The Bertz CT molecular complexity index is 290. The number of amides is 1. The maximum absolute atomic E-state index is 12.2. The highest BCUT2D eigenvalue weighted by Gasteiger charge is 2.30. The van der Waals surface area contributed by atoms with E-state index in [1.165, 1.54) is 25.7 Å². The van der Waals surface area contributed by atoms with Crippen molar-refractivity contribution in [1.29, 1.82) is 0 Å². The fourth-order valence-corrected chi connectivity index (χ4v) is 3.37. The number of carbonyl (C=O) groups is 1. The molecule has 2 N–H and O–H groups in total. The lowest BCUT2D eigenvalue weighted by Gasteiger charge is -2.27. The second kappa shape index (κ2) is 7.25. The fraction of sp³-hybridized carbons (Fsp3) is 0.933. The maximum atomic E-state index is 12.2. The predicted molar refractivity (Wildman–Crippen MR) is 76.0 cm³/mol. The molecule has 4 nitrogen and oxygen atoms in total. The van der Waals surface area contributed by atoms with Crippen LogP contribution in [0.4, 0.5) is 0 Å². The fourth-order valence-electron chi connectivity index (χ4n) is 3.37. The molecule has 0 heterocycles. The van der Waals surface area contributed by atoms with Crippen LogP contribution in [0.25, 0.3) is 0 Å². The van der Waals surface area contributed by atoms with Gasteiger partial charge in [-0.3, -0.25) is 4.79 Å². The van der Waals surface area contributed by atoms with Crippen LogP contribution in [-0.2, 0) is 9.53 Å². The lowest BCUT2D eigenvalue weighted by Crippen LogP contribution is -2.51. The maximum Gasteiger partial charge on any atom is 0.237 e. The van der Waals surface area contributed by atoms with Gasteiger partial charge in [0.2, 0.25) is 5.91 Å². The molecule has 110 valence electrons. The molecule has 0 aromatic rings. The first-order valence-corrected chi connectivity index (χ1v) is 7.80. The van der Waals surface area contributed by atoms with Crippen molar-refractivity contribution < 1.29 is 9.53 Å². The summed E-state index contributed by atoms with van der Waals surface area (Å²) in [5.41, 5.74) is 0. The van der Waals surface area contributed by atoms with E-state index < -0.39 is 0 Å². The van der Waals surface area contributed by atoms with Gasteiger partial charge in [-0.05, 0) is 39.0 Å². The number of ether oxygens (including phenoxy) is 1. The molecule has 0 radical (unpaired) electrons. The second-order valence-electron chi connectivity index (χ2n) is 6.04. The van der Waals surface area contributed by atoms with Gasteiger partial charge in [-0.2, -0.15) is 0 Å². The summed E-state index contributed by atoms with van der Waals surface area (Å²) in [6.45, 7) is 1.96. The first-order chi connectivity index (χ1) is 9.20. The van der Waals surface area contributed by atoms with Crippen LogP contribution in [0.3, 0.4) is 0 Å². The van der Waals surface area contributed by atoms with Gasteiger partial charge in [0.1, 0.15) is 0 Å². The molecule has 2 fully saturated rings. The molecule has 0 aromatic heterocycles. The van der Waals surface area contributed by atoms with Crippen LogP contribution in [0.1, 0.15) is 58.3 Å².